The van der Waals surface area contributed by atoms with Crippen LogP contribution in [-0.4, -0.2) is 0 Å². The molecule has 0 saturated carbocycles. The molecule has 52 valence electrons. The molecule has 1 unspecified atom stereocenters. The lowest BCUT2D eigenvalue weighted by Crippen LogP contribution is -1.97. The fraction of sp³-hybridized carbons (Fsp3) is 0.375. The van der Waals surface area contributed by atoms with Gasteiger partial charge in [-0.1, -0.05) is 13.0 Å². The summed E-state index contributed by atoms with van der Waals surface area (Å²) in [6.45, 7) is 1.89. The third-order valence-electron chi connectivity index (χ3n) is 1.42. The van der Waals surface area contributed by atoms with E-state index in [0.717, 1.165) is 0 Å². The van der Waals surface area contributed by atoms with Crippen LogP contribution >= 0.6 is 0 Å². The number of hydrogen-bond acceptors (Lipinski definition) is 1. The molecule has 0 aliphatic heterocycles. The van der Waals surface area contributed by atoms with E-state index in [-0.39, 0.29) is 11.7 Å². The number of nitrogens with zero attached hydrogens (tertiary/aromatic N) is 1. The first-order chi connectivity index (χ1) is 4.72. The molecule has 0 aromatic rings. The molecule has 0 saturated heterocycles. The highest BCUT2D eigenvalue weighted by atomic mass is 19.1. The maximum atomic E-state index is 12.5. The number of hydrogen-bond donors (Lipinski definition) is 0. The third kappa shape index (κ3) is 1.44. The maximum Gasteiger partial charge on any atom is 0.102 e. The molecule has 1 atom stereocenters. The van der Waals surface area contributed by atoms with E-state index in [1.54, 1.807) is 6.08 Å². The van der Waals surface area contributed by atoms with Gasteiger partial charge in [-0.3, -0.25) is 0 Å². The summed E-state index contributed by atoms with van der Waals surface area (Å²) >= 11 is 0. The molecule has 2 heteroatoms. The van der Waals surface area contributed by atoms with Gasteiger partial charge in [-0.2, -0.15) is 5.26 Å². The van der Waals surface area contributed by atoms with Crippen LogP contribution in [0.2, 0.25) is 0 Å². The first-order valence-corrected chi connectivity index (χ1v) is 3.20. The highest BCUT2D eigenvalue weighted by Gasteiger charge is 2.09. The molecule has 0 heterocycles. The minimum atomic E-state index is -0.188. The van der Waals surface area contributed by atoms with E-state index in [4.69, 9.17) is 5.26 Å². The van der Waals surface area contributed by atoms with Crippen LogP contribution in [0.4, 0.5) is 4.39 Å². The van der Waals surface area contributed by atoms with Crippen LogP contribution in [0.3, 0.4) is 0 Å². The Morgan fingerprint density at radius 1 is 1.80 bits per heavy atom. The molecule has 0 aromatic heterocycles. The average Bonchev–Trinajstić information content (AvgIpc) is 1.85. The summed E-state index contributed by atoms with van der Waals surface area (Å²) < 4.78 is 12.5. The molecular weight excluding hydrogens is 129 g/mol. The van der Waals surface area contributed by atoms with Gasteiger partial charge in [0.2, 0.25) is 0 Å². The molecule has 0 spiro atoms. The van der Waals surface area contributed by atoms with E-state index in [2.05, 4.69) is 0 Å². The Kier molecular flexibility index (Phi) is 1.86. The second-order valence-electron chi connectivity index (χ2n) is 2.51. The van der Waals surface area contributed by atoms with Crippen LogP contribution in [0.15, 0.2) is 23.6 Å². The normalized spacial score (nSPS) is 24.7. The predicted octanol–water partition coefficient (Wildman–Crippen LogP) is 2.33. The minimum Gasteiger partial charge on any atom is -0.212 e. The third-order valence-corrected chi connectivity index (χ3v) is 1.42. The zero-order valence-electron chi connectivity index (χ0n) is 5.76. The van der Waals surface area contributed by atoms with Crippen molar-refractivity contribution in [1.82, 2.24) is 0 Å². The van der Waals surface area contributed by atoms with Gasteiger partial charge >= 0.3 is 0 Å². The Labute approximate surface area is 59.5 Å². The van der Waals surface area contributed by atoms with Gasteiger partial charge in [0, 0.05) is 6.42 Å². The van der Waals surface area contributed by atoms with Crippen molar-refractivity contribution < 1.29 is 4.39 Å². The van der Waals surface area contributed by atoms with E-state index in [1.807, 2.05) is 13.0 Å². The van der Waals surface area contributed by atoms with Crippen LogP contribution < -0.4 is 0 Å². The van der Waals surface area contributed by atoms with E-state index >= 15 is 0 Å². The van der Waals surface area contributed by atoms with Crippen molar-refractivity contribution in [3.05, 3.63) is 23.6 Å². The fourth-order valence-electron chi connectivity index (χ4n) is 1.02. The van der Waals surface area contributed by atoms with Gasteiger partial charge in [-0.25, -0.2) is 4.39 Å². The fourth-order valence-corrected chi connectivity index (χ4v) is 1.02. The van der Waals surface area contributed by atoms with E-state index in [0.29, 0.717) is 12.0 Å². The highest BCUT2D eigenvalue weighted by molar-refractivity contribution is 5.37. The molecule has 1 rings (SSSR count). The van der Waals surface area contributed by atoms with E-state index in [1.165, 1.54) is 6.08 Å². The van der Waals surface area contributed by atoms with Crippen molar-refractivity contribution in [1.29, 1.82) is 5.26 Å². The van der Waals surface area contributed by atoms with Crippen LogP contribution in [0.1, 0.15) is 13.3 Å². The minimum absolute atomic E-state index is 0.166. The molecular formula is C8H8FN. The van der Waals surface area contributed by atoms with E-state index in [9.17, 15) is 4.39 Å². The second-order valence-corrected chi connectivity index (χ2v) is 2.51. The Morgan fingerprint density at radius 2 is 2.50 bits per heavy atom. The Bertz CT molecular complexity index is 232. The van der Waals surface area contributed by atoms with Gasteiger partial charge in [0.15, 0.2) is 0 Å². The quantitative estimate of drug-likeness (QED) is 0.502. The van der Waals surface area contributed by atoms with Gasteiger partial charge < -0.3 is 0 Å². The zero-order chi connectivity index (χ0) is 7.56. The van der Waals surface area contributed by atoms with Crippen LogP contribution in [0.25, 0.3) is 0 Å². The highest BCUT2D eigenvalue weighted by Crippen LogP contribution is 2.22. The smallest absolute Gasteiger partial charge is 0.102 e. The average molecular weight is 137 g/mol. The monoisotopic (exact) mass is 137 g/mol. The van der Waals surface area contributed by atoms with Gasteiger partial charge in [0.1, 0.15) is 5.83 Å². The maximum absolute atomic E-state index is 12.5. The number of nitriles is 1. The Hall–Kier alpha value is -1.10. The SMILES string of the molecule is CC1C=C(C#N)C=C(F)C1. The van der Waals surface area contributed by atoms with Gasteiger partial charge in [-0.05, 0) is 12.0 Å². The first kappa shape index (κ1) is 7.01. The molecule has 10 heavy (non-hydrogen) atoms. The van der Waals surface area contributed by atoms with Crippen LogP contribution in [0, 0.1) is 17.2 Å². The van der Waals surface area contributed by atoms with Crippen LogP contribution in [0.5, 0.6) is 0 Å². The summed E-state index contributed by atoms with van der Waals surface area (Å²) in [6.07, 6.45) is 3.51. The molecule has 0 aromatic carbocycles. The molecule has 0 radical (unpaired) electrons. The van der Waals surface area contributed by atoms with Crippen molar-refractivity contribution in [3.8, 4) is 6.07 Å². The van der Waals surface area contributed by atoms with Gasteiger partial charge in [-0.15, -0.1) is 0 Å². The summed E-state index contributed by atoms with van der Waals surface area (Å²) in [5.41, 5.74) is 0.441. The number of halogens is 1. The molecule has 1 aliphatic rings. The summed E-state index contributed by atoms with van der Waals surface area (Å²) in [5.74, 6) is -0.0220. The van der Waals surface area contributed by atoms with Crippen molar-refractivity contribution >= 4 is 0 Å². The topological polar surface area (TPSA) is 23.8 Å². The summed E-state index contributed by atoms with van der Waals surface area (Å²) in [6, 6.07) is 1.91. The molecule has 0 amide bonds. The van der Waals surface area contributed by atoms with Crippen molar-refractivity contribution in [2.75, 3.05) is 0 Å². The van der Waals surface area contributed by atoms with Gasteiger partial charge in [0.05, 0.1) is 11.6 Å². The van der Waals surface area contributed by atoms with Crippen LogP contribution in [-0.2, 0) is 0 Å². The lowest BCUT2D eigenvalue weighted by Gasteiger charge is -2.08. The molecule has 0 fully saturated rings. The summed E-state index contributed by atoms with van der Waals surface area (Å²) in [4.78, 5) is 0. The molecule has 1 aliphatic carbocycles. The van der Waals surface area contributed by atoms with Crippen molar-refractivity contribution in [3.63, 3.8) is 0 Å². The second kappa shape index (κ2) is 2.66. The van der Waals surface area contributed by atoms with Crippen molar-refractivity contribution in [2.45, 2.75) is 13.3 Å². The number of allylic oxidation sites excluding steroid dienone is 4. The number of rotatable bonds is 0. The largest absolute Gasteiger partial charge is 0.212 e. The molecule has 0 bridgehead atoms. The summed E-state index contributed by atoms with van der Waals surface area (Å²) in [7, 11) is 0. The predicted molar refractivity (Wildman–Crippen MR) is 36.7 cm³/mol. The van der Waals surface area contributed by atoms with E-state index < -0.39 is 0 Å². The van der Waals surface area contributed by atoms with Crippen molar-refractivity contribution in [2.24, 2.45) is 5.92 Å². The first-order valence-electron chi connectivity index (χ1n) is 3.20. The molecule has 1 nitrogen and oxygen atoms in total. The molecule has 0 N–H and O–H groups in total. The van der Waals surface area contributed by atoms with Gasteiger partial charge in [0.25, 0.3) is 0 Å². The lowest BCUT2D eigenvalue weighted by atomic mass is 9.98. The lowest BCUT2D eigenvalue weighted by molar-refractivity contribution is 0.533. The Morgan fingerprint density at radius 3 is 3.00 bits per heavy atom. The zero-order valence-corrected chi connectivity index (χ0v) is 5.76. The Balaban J connectivity index is 2.84. The summed E-state index contributed by atoms with van der Waals surface area (Å²) in [5, 5.41) is 8.40. The standard InChI is InChI=1S/C8H8FN/c1-6-2-7(5-10)4-8(9)3-6/h2,4,6H,3H2,1H3.